The lowest BCUT2D eigenvalue weighted by molar-refractivity contribution is 0.412. The summed E-state index contributed by atoms with van der Waals surface area (Å²) >= 11 is 1.83. The van der Waals surface area contributed by atoms with Crippen molar-refractivity contribution < 1.29 is 9.47 Å². The third-order valence-electron chi connectivity index (χ3n) is 4.26. The highest BCUT2D eigenvalue weighted by molar-refractivity contribution is 7.11. The van der Waals surface area contributed by atoms with E-state index in [1.54, 1.807) is 20.4 Å². The third kappa shape index (κ3) is 6.22. The lowest BCUT2D eigenvalue weighted by Gasteiger charge is -2.11. The van der Waals surface area contributed by atoms with E-state index in [0.717, 1.165) is 30.2 Å². The number of nitrogens with zero attached hydrogens (tertiary/aromatic N) is 2. The molecule has 0 saturated carbocycles. The molecule has 0 aliphatic heterocycles. The van der Waals surface area contributed by atoms with E-state index in [4.69, 9.17) is 9.47 Å². The molecule has 0 aliphatic rings. The summed E-state index contributed by atoms with van der Waals surface area (Å²) in [5.74, 6) is 2.81. The number of nitrogens with one attached hydrogen (secondary N) is 2. The number of hydrogen-bond donors (Lipinski definition) is 2. The fourth-order valence-electron chi connectivity index (χ4n) is 2.62. The third-order valence-corrected chi connectivity index (χ3v) is 5.49. The number of aryl methyl sites for hydroxylation is 1. The van der Waals surface area contributed by atoms with E-state index in [1.165, 1.54) is 9.75 Å². The van der Waals surface area contributed by atoms with Crippen LogP contribution < -0.4 is 20.1 Å². The van der Waals surface area contributed by atoms with Gasteiger partial charge in [-0.25, -0.2) is 4.98 Å². The molecule has 7 heteroatoms. The quantitative estimate of drug-likeness (QED) is 0.426. The minimum absolute atomic E-state index is 0.547. The van der Waals surface area contributed by atoms with Gasteiger partial charge in [0.2, 0.25) is 5.88 Å². The second-order valence-corrected chi connectivity index (χ2v) is 7.54. The maximum atomic E-state index is 5.76. The summed E-state index contributed by atoms with van der Waals surface area (Å²) in [4.78, 5) is 11.3. The monoisotopic (exact) mass is 410 g/mol. The molecule has 152 valence electrons. The van der Waals surface area contributed by atoms with E-state index in [0.29, 0.717) is 18.2 Å². The summed E-state index contributed by atoms with van der Waals surface area (Å²) < 4.78 is 10.9. The Morgan fingerprint density at radius 1 is 0.966 bits per heavy atom. The van der Waals surface area contributed by atoms with Gasteiger partial charge in [0.05, 0.1) is 13.7 Å². The zero-order valence-corrected chi connectivity index (χ0v) is 17.8. The van der Waals surface area contributed by atoms with Crippen molar-refractivity contribution >= 4 is 17.3 Å². The van der Waals surface area contributed by atoms with Crippen LogP contribution in [0.5, 0.6) is 17.4 Å². The van der Waals surface area contributed by atoms with Crippen molar-refractivity contribution in [3.8, 4) is 17.4 Å². The molecule has 3 aromatic rings. The Morgan fingerprint density at radius 3 is 2.31 bits per heavy atom. The van der Waals surface area contributed by atoms with Crippen molar-refractivity contribution in [1.29, 1.82) is 0 Å². The summed E-state index contributed by atoms with van der Waals surface area (Å²) in [6.45, 7) is 3.56. The topological polar surface area (TPSA) is 67.8 Å². The largest absolute Gasteiger partial charge is 0.497 e. The van der Waals surface area contributed by atoms with Crippen LogP contribution in [0.4, 0.5) is 0 Å². The molecule has 0 unspecified atom stereocenters. The lowest BCUT2D eigenvalue weighted by Crippen LogP contribution is -2.36. The Balaban J connectivity index is 1.47. The second-order valence-electron chi connectivity index (χ2n) is 6.28. The predicted octanol–water partition coefficient (Wildman–Crippen LogP) is 4.37. The van der Waals surface area contributed by atoms with Crippen LogP contribution in [0.15, 0.2) is 59.7 Å². The van der Waals surface area contributed by atoms with E-state index in [9.17, 15) is 0 Å². The van der Waals surface area contributed by atoms with Gasteiger partial charge < -0.3 is 20.1 Å². The highest BCUT2D eigenvalue weighted by Gasteiger charge is 2.03. The molecule has 0 aliphatic carbocycles. The molecule has 0 spiro atoms. The highest BCUT2D eigenvalue weighted by atomic mass is 32.1. The Hall–Kier alpha value is -3.06. The first-order chi connectivity index (χ1) is 14.2. The first kappa shape index (κ1) is 20.7. The molecule has 3 rings (SSSR count). The molecule has 0 radical (unpaired) electrons. The van der Waals surface area contributed by atoms with Crippen LogP contribution in [0, 0.1) is 0 Å². The van der Waals surface area contributed by atoms with Crippen LogP contribution >= 0.6 is 11.3 Å². The van der Waals surface area contributed by atoms with Crippen LogP contribution in [0.2, 0.25) is 0 Å². The number of thiophene rings is 1. The molecular weight excluding hydrogens is 384 g/mol. The molecule has 0 fully saturated rings. The van der Waals surface area contributed by atoms with Gasteiger partial charge in [0.1, 0.15) is 11.5 Å². The Morgan fingerprint density at radius 2 is 1.69 bits per heavy atom. The first-order valence-corrected chi connectivity index (χ1v) is 10.3. The molecule has 2 aromatic heterocycles. The van der Waals surface area contributed by atoms with Crippen LogP contribution in [-0.4, -0.2) is 25.1 Å². The molecular formula is C22H26N4O2S. The Labute approximate surface area is 175 Å². The summed E-state index contributed by atoms with van der Waals surface area (Å²) in [6.07, 6.45) is 2.87. The van der Waals surface area contributed by atoms with Gasteiger partial charge in [-0.1, -0.05) is 13.0 Å². The van der Waals surface area contributed by atoms with Gasteiger partial charge in [0.25, 0.3) is 0 Å². The van der Waals surface area contributed by atoms with Crippen molar-refractivity contribution in [2.45, 2.75) is 26.4 Å². The number of hydrogen-bond acceptors (Lipinski definition) is 5. The number of pyridine rings is 1. The van der Waals surface area contributed by atoms with Crippen LogP contribution in [0.25, 0.3) is 0 Å². The Kier molecular flexibility index (Phi) is 7.47. The van der Waals surface area contributed by atoms with Gasteiger partial charge in [-0.2, -0.15) is 0 Å². The summed E-state index contributed by atoms with van der Waals surface area (Å²) in [6, 6.07) is 15.6. The van der Waals surface area contributed by atoms with Crippen molar-refractivity contribution in [2.75, 3.05) is 14.2 Å². The SMILES string of the molecule is CCc1ccc(CNC(=NC)NCc2ccc(Oc3ccc(OC)cc3)nc2)s1. The van der Waals surface area contributed by atoms with E-state index >= 15 is 0 Å². The summed E-state index contributed by atoms with van der Waals surface area (Å²) in [7, 11) is 3.41. The first-order valence-electron chi connectivity index (χ1n) is 9.49. The number of methoxy groups -OCH3 is 1. The molecule has 2 heterocycles. The van der Waals surface area contributed by atoms with Gasteiger partial charge in [0.15, 0.2) is 5.96 Å². The number of aromatic nitrogens is 1. The lowest BCUT2D eigenvalue weighted by atomic mass is 10.3. The van der Waals surface area contributed by atoms with Crippen LogP contribution in [-0.2, 0) is 19.5 Å². The van der Waals surface area contributed by atoms with Gasteiger partial charge in [-0.3, -0.25) is 4.99 Å². The molecule has 0 bridgehead atoms. The number of rotatable bonds is 8. The highest BCUT2D eigenvalue weighted by Crippen LogP contribution is 2.22. The minimum Gasteiger partial charge on any atom is -0.497 e. The molecule has 2 N–H and O–H groups in total. The van der Waals surface area contributed by atoms with Crippen molar-refractivity contribution in [1.82, 2.24) is 15.6 Å². The van der Waals surface area contributed by atoms with Gasteiger partial charge >= 0.3 is 0 Å². The Bertz CT molecular complexity index is 921. The maximum Gasteiger partial charge on any atom is 0.219 e. The van der Waals surface area contributed by atoms with E-state index in [2.05, 4.69) is 39.7 Å². The average molecular weight is 411 g/mol. The number of guanidine groups is 1. The minimum atomic E-state index is 0.547. The zero-order valence-electron chi connectivity index (χ0n) is 16.9. The van der Waals surface area contributed by atoms with Crippen molar-refractivity contribution in [3.05, 3.63) is 70.0 Å². The second kappa shape index (κ2) is 10.5. The molecule has 0 saturated heterocycles. The number of aliphatic imine (C=N–C) groups is 1. The average Bonchev–Trinajstić information content (AvgIpc) is 3.23. The van der Waals surface area contributed by atoms with Crippen LogP contribution in [0.3, 0.4) is 0 Å². The molecule has 1 aromatic carbocycles. The van der Waals surface area contributed by atoms with E-state index < -0.39 is 0 Å². The number of ether oxygens (including phenoxy) is 2. The standard InChI is InChI=1S/C22H26N4O2S/c1-4-19-10-11-20(29-19)15-26-22(23-2)25-14-16-5-12-21(24-13-16)28-18-8-6-17(27-3)7-9-18/h5-13H,4,14-15H2,1-3H3,(H2,23,25,26). The maximum absolute atomic E-state index is 5.76. The van der Waals surface area contributed by atoms with Crippen LogP contribution in [0.1, 0.15) is 22.2 Å². The zero-order chi connectivity index (χ0) is 20.5. The molecule has 29 heavy (non-hydrogen) atoms. The van der Waals surface area contributed by atoms with Gasteiger partial charge in [-0.15, -0.1) is 11.3 Å². The molecule has 0 atom stereocenters. The van der Waals surface area contributed by atoms with Gasteiger partial charge in [0, 0.05) is 35.6 Å². The predicted molar refractivity (Wildman–Crippen MR) is 118 cm³/mol. The summed E-state index contributed by atoms with van der Waals surface area (Å²) in [5.41, 5.74) is 1.04. The van der Waals surface area contributed by atoms with Crippen molar-refractivity contribution in [3.63, 3.8) is 0 Å². The fourth-order valence-corrected chi connectivity index (χ4v) is 3.52. The fraction of sp³-hybridized carbons (Fsp3) is 0.273. The van der Waals surface area contributed by atoms with E-state index in [1.807, 2.05) is 47.7 Å². The molecule has 6 nitrogen and oxygen atoms in total. The van der Waals surface area contributed by atoms with Crippen molar-refractivity contribution in [2.24, 2.45) is 4.99 Å². The molecule has 0 amide bonds. The van der Waals surface area contributed by atoms with E-state index in [-0.39, 0.29) is 0 Å². The summed E-state index contributed by atoms with van der Waals surface area (Å²) in [5, 5.41) is 6.65. The number of benzene rings is 1. The smallest absolute Gasteiger partial charge is 0.219 e. The van der Waals surface area contributed by atoms with Gasteiger partial charge in [-0.05, 0) is 48.4 Å². The normalized spacial score (nSPS) is 11.2.